The van der Waals surface area contributed by atoms with Gasteiger partial charge in [0.05, 0.1) is 12.1 Å². The molecule has 0 aromatic carbocycles. The van der Waals surface area contributed by atoms with Gasteiger partial charge in [-0.05, 0) is 25.7 Å². The Balaban J connectivity index is 1.48. The number of hydrogen-bond acceptors (Lipinski definition) is 4. The van der Waals surface area contributed by atoms with Gasteiger partial charge < -0.3 is 16.0 Å². The number of carbonyl (C=O) groups is 3. The van der Waals surface area contributed by atoms with Gasteiger partial charge in [0.2, 0.25) is 11.8 Å². The van der Waals surface area contributed by atoms with E-state index < -0.39 is 5.91 Å². The Morgan fingerprint density at radius 2 is 1.96 bits per heavy atom. The summed E-state index contributed by atoms with van der Waals surface area (Å²) in [5, 5.41) is 9.20. The Morgan fingerprint density at radius 1 is 1.17 bits per heavy atom. The molecule has 1 radical (unpaired) electrons. The van der Waals surface area contributed by atoms with Crippen LogP contribution in [0.5, 0.6) is 0 Å². The van der Waals surface area contributed by atoms with E-state index in [4.69, 9.17) is 5.73 Å². The van der Waals surface area contributed by atoms with Crippen LogP contribution in [0.3, 0.4) is 0 Å². The third-order valence-electron chi connectivity index (χ3n) is 4.23. The summed E-state index contributed by atoms with van der Waals surface area (Å²) in [5.74, 6) is 0.474. The van der Waals surface area contributed by atoms with Crippen molar-refractivity contribution < 1.29 is 14.4 Å². The minimum Gasteiger partial charge on any atom is -0.356 e. The highest BCUT2D eigenvalue weighted by molar-refractivity contribution is 8.00. The molecule has 23 heavy (non-hydrogen) atoms. The van der Waals surface area contributed by atoms with Crippen LogP contribution in [-0.4, -0.2) is 47.5 Å². The molecule has 129 valence electrons. The van der Waals surface area contributed by atoms with E-state index in [0.717, 1.165) is 31.4 Å². The average molecular weight is 341 g/mol. The number of hydrogen-bond donors (Lipinski definition) is 3. The smallest absolute Gasteiger partial charge is 0.315 e. The third kappa shape index (κ3) is 5.93. The second-order valence-corrected chi connectivity index (χ2v) is 7.37. The van der Waals surface area contributed by atoms with Crippen molar-refractivity contribution in [3.05, 3.63) is 0 Å². The number of urea groups is 1. The van der Waals surface area contributed by atoms with Gasteiger partial charge in [-0.2, -0.15) is 11.8 Å². The number of fused-ring (bicyclic) bond motifs is 1. The number of carbonyl (C=O) groups excluding carboxylic acids is 3. The van der Waals surface area contributed by atoms with Gasteiger partial charge in [0.15, 0.2) is 0 Å². The van der Waals surface area contributed by atoms with E-state index in [1.807, 2.05) is 11.8 Å². The number of nitrogens with one attached hydrogen (secondary N) is 4. The van der Waals surface area contributed by atoms with Crippen molar-refractivity contribution in [2.75, 3.05) is 12.3 Å². The van der Waals surface area contributed by atoms with Crippen molar-refractivity contribution in [1.82, 2.24) is 21.7 Å². The average Bonchev–Trinajstić information content (AvgIpc) is 3.02. The summed E-state index contributed by atoms with van der Waals surface area (Å²) < 4.78 is 0. The van der Waals surface area contributed by atoms with E-state index in [-0.39, 0.29) is 30.4 Å². The van der Waals surface area contributed by atoms with E-state index in [2.05, 4.69) is 16.0 Å². The van der Waals surface area contributed by atoms with Crippen LogP contribution in [0, 0.1) is 0 Å². The number of rotatable bonds is 10. The Hall–Kier alpha value is -1.44. The van der Waals surface area contributed by atoms with Crippen molar-refractivity contribution in [2.24, 2.45) is 0 Å². The van der Waals surface area contributed by atoms with Crippen molar-refractivity contribution >= 4 is 29.6 Å². The molecule has 4 N–H and O–H groups in total. The van der Waals surface area contributed by atoms with Crippen molar-refractivity contribution in [2.45, 2.75) is 62.3 Å². The van der Waals surface area contributed by atoms with Crippen LogP contribution in [0.2, 0.25) is 0 Å². The molecule has 2 fully saturated rings. The lowest BCUT2D eigenvalue weighted by atomic mass is 10.0. The number of thioether (sulfide) groups is 1. The predicted octanol–water partition coefficient (Wildman–Crippen LogP) is 0.808. The normalized spacial score (nSPS) is 25.6. The first-order chi connectivity index (χ1) is 11.1. The summed E-state index contributed by atoms with van der Waals surface area (Å²) in [6.07, 6.45) is 5.04. The standard InChI is InChI=1S/C15H25N4O3S/c16-12(20)6-3-4-8-17-13(21)7-2-1-5-11-14-10(9-23-11)18-15(22)19-14/h10-11,14,16H,1-9H2,(H,17,21)(H2,18,19,22)/t10-,11-,14-/m0/s1. The van der Waals surface area contributed by atoms with Gasteiger partial charge in [-0.1, -0.05) is 6.42 Å². The fourth-order valence-corrected chi connectivity index (χ4v) is 4.54. The molecule has 0 aromatic rings. The number of amides is 4. The zero-order chi connectivity index (χ0) is 16.7. The zero-order valence-corrected chi connectivity index (χ0v) is 14.0. The Labute approximate surface area is 140 Å². The summed E-state index contributed by atoms with van der Waals surface area (Å²) >= 11 is 1.90. The largest absolute Gasteiger partial charge is 0.356 e. The van der Waals surface area contributed by atoms with E-state index >= 15 is 0 Å². The fraction of sp³-hybridized carbons (Fsp3) is 0.800. The Bertz CT molecular complexity index is 446. The first-order valence-corrected chi connectivity index (χ1v) is 9.31. The molecule has 2 aliphatic heterocycles. The van der Waals surface area contributed by atoms with Crippen LogP contribution >= 0.6 is 11.8 Å². The van der Waals surface area contributed by atoms with Crippen LogP contribution in [0.1, 0.15) is 44.9 Å². The quantitative estimate of drug-likeness (QED) is 0.403. The van der Waals surface area contributed by atoms with Crippen LogP contribution in [0.4, 0.5) is 4.79 Å². The SMILES string of the molecule is [NH]C(=O)CCCCNC(=O)CCCC[C@@H]1SC[C@@H]2NC(=O)N[C@@H]21. The van der Waals surface area contributed by atoms with Crippen LogP contribution in [0.15, 0.2) is 0 Å². The highest BCUT2D eigenvalue weighted by Gasteiger charge is 2.42. The molecule has 2 aliphatic rings. The fourth-order valence-electron chi connectivity index (χ4n) is 3.00. The maximum atomic E-state index is 11.7. The molecule has 0 aromatic heterocycles. The Kier molecular flexibility index (Phi) is 7.01. The zero-order valence-electron chi connectivity index (χ0n) is 13.2. The predicted molar refractivity (Wildman–Crippen MR) is 88.9 cm³/mol. The highest BCUT2D eigenvalue weighted by atomic mass is 32.2. The molecule has 8 heteroatoms. The van der Waals surface area contributed by atoms with E-state index in [9.17, 15) is 14.4 Å². The molecule has 0 spiro atoms. The number of unbranched alkanes of at least 4 members (excludes halogenated alkanes) is 2. The van der Waals surface area contributed by atoms with Gasteiger partial charge in [0.25, 0.3) is 0 Å². The lowest BCUT2D eigenvalue weighted by molar-refractivity contribution is -0.121. The molecule has 7 nitrogen and oxygen atoms in total. The molecule has 0 bridgehead atoms. The highest BCUT2D eigenvalue weighted by Crippen LogP contribution is 2.33. The Morgan fingerprint density at radius 3 is 2.74 bits per heavy atom. The molecule has 2 heterocycles. The second kappa shape index (κ2) is 9.00. The lowest BCUT2D eigenvalue weighted by Gasteiger charge is -2.16. The van der Waals surface area contributed by atoms with Gasteiger partial charge in [-0.15, -0.1) is 0 Å². The minimum absolute atomic E-state index is 0.0509. The molecule has 2 rings (SSSR count). The van der Waals surface area contributed by atoms with Gasteiger partial charge in [0.1, 0.15) is 0 Å². The first kappa shape index (κ1) is 17.9. The summed E-state index contributed by atoms with van der Waals surface area (Å²) in [6, 6.07) is 0.439. The van der Waals surface area contributed by atoms with Gasteiger partial charge in [0, 0.05) is 30.4 Å². The van der Waals surface area contributed by atoms with E-state index in [1.54, 1.807) is 0 Å². The first-order valence-electron chi connectivity index (χ1n) is 8.26. The molecule has 0 saturated carbocycles. The molecule has 0 unspecified atom stereocenters. The summed E-state index contributed by atoms with van der Waals surface area (Å²) in [7, 11) is 0. The molecular weight excluding hydrogens is 316 g/mol. The van der Waals surface area contributed by atoms with Gasteiger partial charge >= 0.3 is 6.03 Å². The maximum absolute atomic E-state index is 11.7. The maximum Gasteiger partial charge on any atom is 0.315 e. The van der Waals surface area contributed by atoms with Gasteiger partial charge in [-0.3, -0.25) is 15.3 Å². The molecule has 0 aliphatic carbocycles. The minimum atomic E-state index is -0.544. The summed E-state index contributed by atoms with van der Waals surface area (Å²) in [4.78, 5) is 33.4. The van der Waals surface area contributed by atoms with E-state index in [0.29, 0.717) is 24.6 Å². The van der Waals surface area contributed by atoms with Gasteiger partial charge in [-0.25, -0.2) is 4.79 Å². The molecule has 3 atom stereocenters. The molecular formula is C15H25N4O3S. The monoisotopic (exact) mass is 341 g/mol. The van der Waals surface area contributed by atoms with Crippen molar-refractivity contribution in [3.63, 3.8) is 0 Å². The third-order valence-corrected chi connectivity index (χ3v) is 5.74. The van der Waals surface area contributed by atoms with Crippen molar-refractivity contribution in [1.29, 1.82) is 0 Å². The topological polar surface area (TPSA) is 111 Å². The molecule has 4 amide bonds. The lowest BCUT2D eigenvalue weighted by Crippen LogP contribution is -2.36. The van der Waals surface area contributed by atoms with Crippen LogP contribution in [-0.2, 0) is 9.59 Å². The second-order valence-electron chi connectivity index (χ2n) is 6.10. The summed E-state index contributed by atoms with van der Waals surface area (Å²) in [5.41, 5.74) is 6.78. The molecule has 2 saturated heterocycles. The van der Waals surface area contributed by atoms with Crippen LogP contribution < -0.4 is 21.7 Å². The van der Waals surface area contributed by atoms with Crippen LogP contribution in [0.25, 0.3) is 0 Å². The van der Waals surface area contributed by atoms with E-state index in [1.165, 1.54) is 0 Å². The summed E-state index contributed by atoms with van der Waals surface area (Å²) in [6.45, 7) is 0.575. The van der Waals surface area contributed by atoms with Crippen molar-refractivity contribution in [3.8, 4) is 0 Å².